The molecule has 208 valence electrons. The molecule has 0 bridgehead atoms. The molecule has 1 amide bonds. The molecule has 1 heterocycles. The van der Waals surface area contributed by atoms with Crippen LogP contribution in [0.1, 0.15) is 37.4 Å². The highest BCUT2D eigenvalue weighted by Gasteiger charge is 2.30. The van der Waals surface area contributed by atoms with Crippen LogP contribution in [0.3, 0.4) is 0 Å². The highest BCUT2D eigenvalue weighted by molar-refractivity contribution is 6.34. The molecule has 0 aliphatic heterocycles. The summed E-state index contributed by atoms with van der Waals surface area (Å²) in [4.78, 5) is 24.7. The van der Waals surface area contributed by atoms with Crippen LogP contribution in [0, 0.1) is 0 Å². The van der Waals surface area contributed by atoms with Crippen LogP contribution in [-0.2, 0) is 19.3 Å². The van der Waals surface area contributed by atoms with Gasteiger partial charge in [0.25, 0.3) is 5.91 Å². The van der Waals surface area contributed by atoms with Crippen LogP contribution in [0.5, 0.6) is 0 Å². The quantitative estimate of drug-likeness (QED) is 0.201. The van der Waals surface area contributed by atoms with Gasteiger partial charge >= 0.3 is 12.1 Å². The van der Waals surface area contributed by atoms with Gasteiger partial charge in [0.2, 0.25) is 0 Å². The number of nitrogens with zero attached hydrogens (tertiary/aromatic N) is 2. The summed E-state index contributed by atoms with van der Waals surface area (Å²) in [7, 11) is 0. The van der Waals surface area contributed by atoms with Crippen molar-refractivity contribution in [2.75, 3.05) is 0 Å². The Kier molecular flexibility index (Phi) is 7.75. The number of fused-ring (bicyclic) bond motifs is 1. The second-order valence-corrected chi connectivity index (χ2v) is 10.2. The van der Waals surface area contributed by atoms with Crippen LogP contribution in [-0.4, -0.2) is 26.8 Å². The number of carboxylic acid groups (broad SMARTS) is 1. The van der Waals surface area contributed by atoms with Crippen LogP contribution in [0.2, 0.25) is 10.0 Å². The molecule has 0 radical (unpaired) electrons. The first-order valence-electron chi connectivity index (χ1n) is 12.2. The van der Waals surface area contributed by atoms with Crippen molar-refractivity contribution in [3.05, 3.63) is 123 Å². The van der Waals surface area contributed by atoms with Crippen molar-refractivity contribution in [2.45, 2.75) is 19.3 Å². The van der Waals surface area contributed by atoms with Crippen molar-refractivity contribution in [1.82, 2.24) is 15.1 Å². The van der Waals surface area contributed by atoms with E-state index in [9.17, 15) is 22.8 Å². The number of halogens is 5. The largest absolute Gasteiger partial charge is 0.478 e. The van der Waals surface area contributed by atoms with Gasteiger partial charge in [0.05, 0.1) is 34.9 Å². The van der Waals surface area contributed by atoms with Crippen LogP contribution in [0.15, 0.2) is 85.1 Å². The van der Waals surface area contributed by atoms with Crippen LogP contribution in [0.25, 0.3) is 22.0 Å². The number of hydrogen-bond donors (Lipinski definition) is 2. The van der Waals surface area contributed by atoms with E-state index >= 15 is 0 Å². The number of benzene rings is 4. The maximum absolute atomic E-state index is 13.5. The van der Waals surface area contributed by atoms with Crippen molar-refractivity contribution in [2.24, 2.45) is 0 Å². The van der Waals surface area contributed by atoms with Crippen LogP contribution >= 0.6 is 23.2 Å². The van der Waals surface area contributed by atoms with Gasteiger partial charge < -0.3 is 10.4 Å². The maximum Gasteiger partial charge on any atom is 0.416 e. The van der Waals surface area contributed by atoms with Crippen LogP contribution in [0.4, 0.5) is 13.2 Å². The van der Waals surface area contributed by atoms with Crippen LogP contribution < -0.4 is 5.32 Å². The summed E-state index contributed by atoms with van der Waals surface area (Å²) in [5.41, 5.74) is 2.57. The molecule has 0 saturated carbocycles. The predicted octanol–water partition coefficient (Wildman–Crippen LogP) is 7.71. The summed E-state index contributed by atoms with van der Waals surface area (Å²) < 4.78 is 41.0. The Balaban J connectivity index is 1.53. The number of carbonyl (C=O) groups excluding carboxylic acids is 1. The highest BCUT2D eigenvalue weighted by Crippen LogP contribution is 2.33. The molecular weight excluding hydrogens is 578 g/mol. The summed E-state index contributed by atoms with van der Waals surface area (Å²) in [5, 5.41) is 17.9. The Morgan fingerprint density at radius 3 is 2.12 bits per heavy atom. The average Bonchev–Trinajstić information content (AvgIpc) is 3.33. The molecule has 0 aliphatic carbocycles. The molecule has 5 rings (SSSR count). The Morgan fingerprint density at radius 2 is 1.51 bits per heavy atom. The summed E-state index contributed by atoms with van der Waals surface area (Å²) in [6.45, 7) is 0.364. The predicted molar refractivity (Wildman–Crippen MR) is 150 cm³/mol. The Hall–Kier alpha value is -4.34. The molecule has 2 N–H and O–H groups in total. The smallest absolute Gasteiger partial charge is 0.416 e. The summed E-state index contributed by atoms with van der Waals surface area (Å²) >= 11 is 12.3. The molecule has 0 spiro atoms. The SMILES string of the molecule is O=C(O)c1ccc(CNC(=O)c2cc(-c3ccc(C(F)(F)F)cc3)cc3cnn(Cc4cc(Cl)cc(Cl)c4)c23)cc1. The van der Waals surface area contributed by atoms with E-state index in [1.807, 2.05) is 0 Å². The third-order valence-electron chi connectivity index (χ3n) is 6.43. The molecular formula is C30H20Cl2F3N3O3. The number of hydrogen-bond acceptors (Lipinski definition) is 3. The lowest BCUT2D eigenvalue weighted by atomic mass is 9.98. The van der Waals surface area contributed by atoms with Gasteiger partial charge in [-0.3, -0.25) is 9.48 Å². The van der Waals surface area contributed by atoms with E-state index in [1.165, 1.54) is 24.3 Å². The third kappa shape index (κ3) is 6.37. The number of amides is 1. The molecule has 0 atom stereocenters. The summed E-state index contributed by atoms with van der Waals surface area (Å²) in [6.07, 6.45) is -2.89. The minimum Gasteiger partial charge on any atom is -0.478 e. The zero-order chi connectivity index (χ0) is 29.3. The molecule has 0 unspecified atom stereocenters. The van der Waals surface area contributed by atoms with E-state index < -0.39 is 23.6 Å². The van der Waals surface area contributed by atoms with Crippen molar-refractivity contribution in [3.8, 4) is 11.1 Å². The average molecular weight is 598 g/mol. The van der Waals surface area contributed by atoms with E-state index in [2.05, 4.69) is 10.4 Å². The standard InChI is InChI=1S/C30H20Cl2F3N3O3/c31-24-9-18(10-25(32)13-24)16-38-27-22(15-37-38)11-21(19-5-7-23(8-6-19)30(33,34)35)12-26(27)28(39)36-14-17-1-3-20(4-2-17)29(40)41/h1-13,15H,14,16H2,(H,36,39)(H,40,41). The van der Waals surface area contributed by atoms with Crippen molar-refractivity contribution in [1.29, 1.82) is 0 Å². The van der Waals surface area contributed by atoms with Crippen molar-refractivity contribution < 1.29 is 27.9 Å². The third-order valence-corrected chi connectivity index (χ3v) is 6.87. The van der Waals surface area contributed by atoms with Gasteiger partial charge in [-0.1, -0.05) is 47.5 Å². The summed E-state index contributed by atoms with van der Waals surface area (Å²) in [6, 6.07) is 19.2. The number of alkyl halides is 3. The fourth-order valence-electron chi connectivity index (χ4n) is 4.46. The van der Waals surface area contributed by atoms with Gasteiger partial charge in [-0.05, 0) is 76.9 Å². The molecule has 0 fully saturated rings. The molecule has 0 saturated heterocycles. The molecule has 6 nitrogen and oxygen atoms in total. The van der Waals surface area contributed by atoms with E-state index in [-0.39, 0.29) is 24.2 Å². The zero-order valence-corrected chi connectivity index (χ0v) is 22.6. The number of aromatic nitrogens is 2. The number of nitrogens with one attached hydrogen (secondary N) is 1. The first-order chi connectivity index (χ1) is 19.5. The minimum atomic E-state index is -4.47. The molecule has 41 heavy (non-hydrogen) atoms. The second kappa shape index (κ2) is 11.3. The lowest BCUT2D eigenvalue weighted by Gasteiger charge is -2.13. The van der Waals surface area contributed by atoms with Gasteiger partial charge in [0, 0.05) is 22.0 Å². The zero-order valence-electron chi connectivity index (χ0n) is 21.0. The van der Waals surface area contributed by atoms with Crippen molar-refractivity contribution >= 4 is 46.0 Å². The maximum atomic E-state index is 13.5. The topological polar surface area (TPSA) is 84.2 Å². The van der Waals surface area contributed by atoms with E-state index in [4.69, 9.17) is 28.3 Å². The van der Waals surface area contributed by atoms with E-state index in [0.29, 0.717) is 37.6 Å². The minimum absolute atomic E-state index is 0.114. The fourth-order valence-corrected chi connectivity index (χ4v) is 5.03. The number of rotatable bonds is 7. The Morgan fingerprint density at radius 1 is 0.854 bits per heavy atom. The van der Waals surface area contributed by atoms with E-state index in [1.54, 1.807) is 53.3 Å². The normalized spacial score (nSPS) is 11.5. The van der Waals surface area contributed by atoms with Gasteiger partial charge in [0.1, 0.15) is 0 Å². The molecule has 11 heteroatoms. The second-order valence-electron chi connectivity index (χ2n) is 9.30. The number of carboxylic acids is 1. The molecule has 4 aromatic carbocycles. The summed E-state index contributed by atoms with van der Waals surface area (Å²) in [5.74, 6) is -1.51. The number of aromatic carboxylic acids is 1. The first kappa shape index (κ1) is 28.2. The first-order valence-corrected chi connectivity index (χ1v) is 13.0. The Bertz CT molecular complexity index is 1750. The Labute approximate surface area is 241 Å². The van der Waals surface area contributed by atoms with Gasteiger partial charge in [-0.2, -0.15) is 18.3 Å². The van der Waals surface area contributed by atoms with E-state index in [0.717, 1.165) is 17.7 Å². The molecule has 1 aromatic heterocycles. The van der Waals surface area contributed by atoms with Crippen molar-refractivity contribution in [3.63, 3.8) is 0 Å². The highest BCUT2D eigenvalue weighted by atomic mass is 35.5. The molecule has 0 aliphatic rings. The number of carbonyl (C=O) groups is 2. The fraction of sp³-hybridized carbons (Fsp3) is 0.100. The van der Waals surface area contributed by atoms with Gasteiger partial charge in [-0.15, -0.1) is 0 Å². The van der Waals surface area contributed by atoms with Gasteiger partial charge in [0.15, 0.2) is 0 Å². The lowest BCUT2D eigenvalue weighted by molar-refractivity contribution is -0.137. The van der Waals surface area contributed by atoms with Gasteiger partial charge in [-0.25, -0.2) is 4.79 Å². The lowest BCUT2D eigenvalue weighted by Crippen LogP contribution is -2.24. The molecule has 5 aromatic rings. The monoisotopic (exact) mass is 597 g/mol.